The van der Waals surface area contributed by atoms with Crippen molar-refractivity contribution >= 4 is 58.7 Å². The largest absolute Gasteiger partial charge is 0.573 e. The SMILES string of the molecule is Cc1cccc(Cl)c1NC(=S)N/N=C/c1ccc(C(N)=NC=Nc2ccc(OC(F)(F)F)cc2)cc1. The number of hydrogen-bond acceptors (Lipinski definition) is 4. The molecule has 3 aromatic rings. The van der Waals surface area contributed by atoms with E-state index in [0.717, 1.165) is 23.3 Å². The Morgan fingerprint density at radius 3 is 2.39 bits per heavy atom. The number of aliphatic imine (C=N–C) groups is 2. The number of halogens is 4. The third-order valence-electron chi connectivity index (χ3n) is 4.52. The fraction of sp³-hybridized carbons (Fsp3) is 0.0833. The number of nitrogens with two attached hydrogens (primary N) is 1. The molecular formula is C24H20ClF3N6OS. The number of ether oxygens (including phenoxy) is 1. The van der Waals surface area contributed by atoms with Gasteiger partial charge in [-0.05, 0) is 60.6 Å². The Balaban J connectivity index is 1.53. The number of alkyl halides is 3. The Hall–Kier alpha value is -3.96. The van der Waals surface area contributed by atoms with Gasteiger partial charge in [0.05, 0.1) is 22.6 Å². The zero-order valence-corrected chi connectivity index (χ0v) is 20.3. The van der Waals surface area contributed by atoms with Crippen LogP contribution in [0.3, 0.4) is 0 Å². The molecule has 0 aliphatic rings. The van der Waals surface area contributed by atoms with Gasteiger partial charge in [-0.2, -0.15) is 5.10 Å². The van der Waals surface area contributed by atoms with Crippen LogP contribution in [0.2, 0.25) is 5.02 Å². The second-order valence-electron chi connectivity index (χ2n) is 7.18. The van der Waals surface area contributed by atoms with Crippen LogP contribution in [0.5, 0.6) is 5.75 Å². The molecule has 4 N–H and O–H groups in total. The smallest absolute Gasteiger partial charge is 0.406 e. The lowest BCUT2D eigenvalue weighted by Crippen LogP contribution is -2.24. The number of nitrogens with zero attached hydrogens (tertiary/aromatic N) is 3. The Bertz CT molecular complexity index is 1270. The van der Waals surface area contributed by atoms with E-state index in [1.807, 2.05) is 19.1 Å². The molecule has 3 rings (SSSR count). The van der Waals surface area contributed by atoms with Crippen molar-refractivity contribution < 1.29 is 17.9 Å². The molecule has 0 saturated heterocycles. The molecule has 0 heterocycles. The van der Waals surface area contributed by atoms with Crippen molar-refractivity contribution in [1.82, 2.24) is 5.43 Å². The van der Waals surface area contributed by atoms with Gasteiger partial charge in [0.2, 0.25) is 0 Å². The topological polar surface area (TPSA) is 96.4 Å². The summed E-state index contributed by atoms with van der Waals surface area (Å²) in [6.45, 7) is 1.91. The van der Waals surface area contributed by atoms with Gasteiger partial charge in [-0.1, -0.05) is 48.0 Å². The molecule has 0 radical (unpaired) electrons. The maximum absolute atomic E-state index is 12.2. The quantitative estimate of drug-likeness (QED) is 0.152. The highest BCUT2D eigenvalue weighted by molar-refractivity contribution is 7.80. The minimum absolute atomic E-state index is 0.206. The lowest BCUT2D eigenvalue weighted by Gasteiger charge is -2.11. The number of benzene rings is 3. The van der Waals surface area contributed by atoms with E-state index >= 15 is 0 Å². The zero-order valence-electron chi connectivity index (χ0n) is 18.8. The van der Waals surface area contributed by atoms with Crippen molar-refractivity contribution in [1.29, 1.82) is 0 Å². The summed E-state index contributed by atoms with van der Waals surface area (Å²) in [6.07, 6.45) is -1.96. The fourth-order valence-corrected chi connectivity index (χ4v) is 3.23. The molecule has 0 bridgehead atoms. The number of hydrazone groups is 1. The van der Waals surface area contributed by atoms with Gasteiger partial charge in [0.1, 0.15) is 17.9 Å². The van der Waals surface area contributed by atoms with Crippen LogP contribution in [0.4, 0.5) is 24.5 Å². The molecule has 186 valence electrons. The molecule has 0 unspecified atom stereocenters. The molecule has 0 aliphatic carbocycles. The van der Waals surface area contributed by atoms with E-state index in [0.29, 0.717) is 22.0 Å². The van der Waals surface area contributed by atoms with E-state index in [2.05, 4.69) is 30.6 Å². The molecule has 36 heavy (non-hydrogen) atoms. The Morgan fingerprint density at radius 2 is 1.75 bits per heavy atom. The monoisotopic (exact) mass is 532 g/mol. The maximum atomic E-state index is 12.2. The molecule has 0 amide bonds. The van der Waals surface area contributed by atoms with Gasteiger partial charge in [-0.3, -0.25) is 5.43 Å². The third kappa shape index (κ3) is 8.36. The lowest BCUT2D eigenvalue weighted by molar-refractivity contribution is -0.274. The first kappa shape index (κ1) is 26.6. The van der Waals surface area contributed by atoms with Crippen molar-refractivity contribution in [3.8, 4) is 5.75 Å². The van der Waals surface area contributed by atoms with E-state index in [-0.39, 0.29) is 16.7 Å². The van der Waals surface area contributed by atoms with E-state index in [4.69, 9.17) is 29.6 Å². The first-order valence-electron chi connectivity index (χ1n) is 10.3. The second kappa shape index (κ2) is 12.1. The summed E-state index contributed by atoms with van der Waals surface area (Å²) in [4.78, 5) is 8.09. The number of para-hydroxylation sites is 1. The number of aryl methyl sites for hydroxylation is 1. The highest BCUT2D eigenvalue weighted by atomic mass is 35.5. The summed E-state index contributed by atoms with van der Waals surface area (Å²) in [5, 5.41) is 7.96. The van der Waals surface area contributed by atoms with Gasteiger partial charge < -0.3 is 15.8 Å². The summed E-state index contributed by atoms with van der Waals surface area (Å²) in [5.41, 5.74) is 12.2. The molecular weight excluding hydrogens is 513 g/mol. The summed E-state index contributed by atoms with van der Waals surface area (Å²) in [5.74, 6) is -0.130. The number of anilines is 1. The molecule has 0 aliphatic heterocycles. The van der Waals surface area contributed by atoms with Gasteiger partial charge in [0, 0.05) is 5.56 Å². The van der Waals surface area contributed by atoms with E-state index in [1.165, 1.54) is 18.5 Å². The van der Waals surface area contributed by atoms with Gasteiger partial charge in [0.25, 0.3) is 0 Å². The number of rotatable bonds is 7. The second-order valence-corrected chi connectivity index (χ2v) is 7.99. The predicted molar refractivity (Wildman–Crippen MR) is 142 cm³/mol. The van der Waals surface area contributed by atoms with Crippen LogP contribution in [-0.2, 0) is 0 Å². The molecule has 0 aromatic heterocycles. The van der Waals surface area contributed by atoms with Crippen LogP contribution < -0.4 is 21.2 Å². The molecule has 7 nitrogen and oxygen atoms in total. The molecule has 3 aromatic carbocycles. The summed E-state index contributed by atoms with van der Waals surface area (Å²) < 4.78 is 40.4. The van der Waals surface area contributed by atoms with Crippen molar-refractivity contribution in [3.63, 3.8) is 0 Å². The van der Waals surface area contributed by atoms with Crippen molar-refractivity contribution in [2.24, 2.45) is 20.8 Å². The molecule has 0 atom stereocenters. The van der Waals surface area contributed by atoms with E-state index < -0.39 is 6.36 Å². The van der Waals surface area contributed by atoms with Gasteiger partial charge >= 0.3 is 6.36 Å². The first-order valence-corrected chi connectivity index (χ1v) is 11.1. The van der Waals surface area contributed by atoms with Crippen LogP contribution >= 0.6 is 23.8 Å². The van der Waals surface area contributed by atoms with Gasteiger partial charge in [0.15, 0.2) is 5.11 Å². The first-order chi connectivity index (χ1) is 17.1. The Labute approximate surface area is 215 Å². The Kier molecular flexibility index (Phi) is 8.98. The van der Waals surface area contributed by atoms with Crippen molar-refractivity contribution in [2.45, 2.75) is 13.3 Å². The molecule has 0 spiro atoms. The number of nitrogens with one attached hydrogen (secondary N) is 2. The summed E-state index contributed by atoms with van der Waals surface area (Å²) in [7, 11) is 0. The average molecular weight is 533 g/mol. The highest BCUT2D eigenvalue weighted by Gasteiger charge is 2.30. The molecule has 0 saturated carbocycles. The predicted octanol–water partition coefficient (Wildman–Crippen LogP) is 5.93. The van der Waals surface area contributed by atoms with Crippen LogP contribution in [0.1, 0.15) is 16.7 Å². The average Bonchev–Trinajstić information content (AvgIpc) is 2.82. The van der Waals surface area contributed by atoms with E-state index in [1.54, 1.807) is 36.5 Å². The number of thiocarbonyl (C=S) groups is 1. The number of amidine groups is 1. The maximum Gasteiger partial charge on any atom is 0.573 e. The normalized spacial score (nSPS) is 12.2. The summed E-state index contributed by atoms with van der Waals surface area (Å²) >= 11 is 11.4. The van der Waals surface area contributed by atoms with Crippen LogP contribution in [0.15, 0.2) is 81.8 Å². The lowest BCUT2D eigenvalue weighted by atomic mass is 10.1. The summed E-state index contributed by atoms with van der Waals surface area (Å²) in [6, 6.07) is 17.6. The fourth-order valence-electron chi connectivity index (χ4n) is 2.80. The molecule has 12 heteroatoms. The van der Waals surface area contributed by atoms with Crippen LogP contribution in [0.25, 0.3) is 0 Å². The zero-order chi connectivity index (χ0) is 26.1. The minimum Gasteiger partial charge on any atom is -0.406 e. The van der Waals surface area contributed by atoms with Gasteiger partial charge in [-0.25, -0.2) is 9.98 Å². The minimum atomic E-state index is -4.75. The Morgan fingerprint density at radius 1 is 1.06 bits per heavy atom. The number of hydrogen-bond donors (Lipinski definition) is 3. The van der Waals surface area contributed by atoms with Crippen molar-refractivity contribution in [2.75, 3.05) is 5.32 Å². The van der Waals surface area contributed by atoms with Gasteiger partial charge in [-0.15, -0.1) is 13.2 Å². The molecule has 0 fully saturated rings. The standard InChI is InChI=1S/C24H20ClF3N6OS/c1-15-3-2-4-20(25)21(15)33-23(36)34-32-13-16-5-7-17(8-6-16)22(29)31-14-30-18-9-11-19(12-10-18)35-24(26,27)28/h2-14H,1H3,(H2,29,30,31)(H2,33,34,36)/b32-13+. The van der Waals surface area contributed by atoms with Crippen LogP contribution in [0, 0.1) is 6.92 Å². The van der Waals surface area contributed by atoms with Crippen LogP contribution in [-0.4, -0.2) is 29.9 Å². The highest BCUT2D eigenvalue weighted by Crippen LogP contribution is 2.25. The van der Waals surface area contributed by atoms with Crippen molar-refractivity contribution in [3.05, 3.63) is 88.4 Å². The van der Waals surface area contributed by atoms with E-state index in [9.17, 15) is 13.2 Å². The third-order valence-corrected chi connectivity index (χ3v) is 5.03.